The van der Waals surface area contributed by atoms with Crippen LogP contribution in [0.5, 0.6) is 0 Å². The van der Waals surface area contributed by atoms with Gasteiger partial charge in [0.2, 0.25) is 0 Å². The molecule has 0 rings (SSSR count). The van der Waals surface area contributed by atoms with Gasteiger partial charge in [-0.15, -0.1) is 0 Å². The summed E-state index contributed by atoms with van der Waals surface area (Å²) in [5.41, 5.74) is 0. The van der Waals surface area contributed by atoms with E-state index in [9.17, 15) is 26.0 Å². The summed E-state index contributed by atoms with van der Waals surface area (Å²) in [5, 5.41) is -5.47. The second-order valence-electron chi connectivity index (χ2n) is 9.55. The van der Waals surface area contributed by atoms with Gasteiger partial charge in [-0.25, -0.2) is 0 Å². The summed E-state index contributed by atoms with van der Waals surface area (Å²) in [6.07, 6.45) is 18.1. The van der Waals surface area contributed by atoms with Crippen molar-refractivity contribution < 1.29 is 30.5 Å². The van der Waals surface area contributed by atoms with Crippen LogP contribution in [0.25, 0.3) is 0 Å². The van der Waals surface area contributed by atoms with Crippen molar-refractivity contribution in [3.8, 4) is 0 Å². The summed E-state index contributed by atoms with van der Waals surface area (Å²) in [6, 6.07) is 0. The maximum absolute atomic E-state index is 14.4. The third-order valence-electron chi connectivity index (χ3n) is 6.54. The van der Waals surface area contributed by atoms with Gasteiger partial charge in [-0.05, 0) is 12.8 Å². The van der Waals surface area contributed by atoms with Crippen molar-refractivity contribution in [1.29, 1.82) is 0 Å². The van der Waals surface area contributed by atoms with E-state index in [1.165, 1.54) is 57.8 Å². The van der Waals surface area contributed by atoms with E-state index in [1.807, 2.05) is 6.92 Å². The molecule has 0 aliphatic carbocycles. The van der Waals surface area contributed by atoms with Gasteiger partial charge in [0.1, 0.15) is 0 Å². The van der Waals surface area contributed by atoms with Gasteiger partial charge in [-0.3, -0.25) is 4.55 Å². The minimum atomic E-state index is -6.18. The highest BCUT2D eigenvalue weighted by molar-refractivity contribution is 7.87. The molecule has 0 bridgehead atoms. The van der Waals surface area contributed by atoms with Crippen LogP contribution >= 0.6 is 0 Å². The Morgan fingerprint density at radius 2 is 0.848 bits per heavy atom. The lowest BCUT2D eigenvalue weighted by Crippen LogP contribution is -2.51. The van der Waals surface area contributed by atoms with Crippen LogP contribution in [0.3, 0.4) is 0 Å². The van der Waals surface area contributed by atoms with Gasteiger partial charge in [0.15, 0.2) is 0 Å². The zero-order chi connectivity index (χ0) is 25.2. The SMILES string of the molecule is CCCCCCCCCCCCCCCCCC(CCCCC)C(F)(F)C(F)(F)S(=O)(=O)O. The highest BCUT2D eigenvalue weighted by atomic mass is 32.2. The molecule has 0 aromatic rings. The van der Waals surface area contributed by atoms with Crippen molar-refractivity contribution in [2.24, 2.45) is 5.92 Å². The van der Waals surface area contributed by atoms with Crippen LogP contribution in [0.15, 0.2) is 0 Å². The molecule has 0 aromatic carbocycles. The standard InChI is InChI=1S/C25H48F4O3S/c1-3-5-7-8-9-10-11-12-13-14-15-16-17-18-20-22-23(21-19-6-4-2)24(26,27)25(28,29)33(30,31)32/h23H,3-22H2,1-2H3,(H,30,31,32). The fourth-order valence-electron chi connectivity index (χ4n) is 4.32. The van der Waals surface area contributed by atoms with Crippen molar-refractivity contribution >= 4 is 10.1 Å². The highest BCUT2D eigenvalue weighted by Crippen LogP contribution is 2.47. The molecule has 0 fully saturated rings. The first-order valence-corrected chi connectivity index (χ1v) is 14.7. The van der Waals surface area contributed by atoms with Crippen LogP contribution in [0, 0.1) is 5.92 Å². The average molecular weight is 505 g/mol. The molecule has 200 valence electrons. The summed E-state index contributed by atoms with van der Waals surface area (Å²) < 4.78 is 86.7. The molecule has 0 aromatic heterocycles. The number of hydrogen-bond donors (Lipinski definition) is 1. The van der Waals surface area contributed by atoms with Gasteiger partial charge in [0.05, 0.1) is 0 Å². The average Bonchev–Trinajstić information content (AvgIpc) is 2.74. The fourth-order valence-corrected chi connectivity index (χ4v) is 4.83. The molecule has 0 aliphatic heterocycles. The molecule has 0 heterocycles. The minimum absolute atomic E-state index is 0.167. The summed E-state index contributed by atoms with van der Waals surface area (Å²) in [4.78, 5) is 0. The maximum Gasteiger partial charge on any atom is 0.431 e. The zero-order valence-corrected chi connectivity index (χ0v) is 21.7. The molecule has 0 aliphatic rings. The Labute approximate surface area is 200 Å². The molecular formula is C25H48F4O3S. The summed E-state index contributed by atoms with van der Waals surface area (Å²) >= 11 is 0. The molecular weight excluding hydrogens is 456 g/mol. The Balaban J connectivity index is 4.12. The van der Waals surface area contributed by atoms with E-state index in [4.69, 9.17) is 4.55 Å². The normalized spacial score (nSPS) is 14.0. The molecule has 0 amide bonds. The third kappa shape index (κ3) is 13.3. The van der Waals surface area contributed by atoms with E-state index < -0.39 is 27.2 Å². The first-order chi connectivity index (χ1) is 15.5. The van der Waals surface area contributed by atoms with E-state index in [2.05, 4.69) is 6.92 Å². The Morgan fingerprint density at radius 3 is 1.18 bits per heavy atom. The molecule has 0 saturated carbocycles. The molecule has 8 heteroatoms. The molecule has 3 nitrogen and oxygen atoms in total. The number of hydrogen-bond acceptors (Lipinski definition) is 2. The monoisotopic (exact) mass is 504 g/mol. The van der Waals surface area contributed by atoms with Gasteiger partial charge in [0.25, 0.3) is 0 Å². The Bertz CT molecular complexity index is 568. The smallest absolute Gasteiger partial charge is 0.281 e. The van der Waals surface area contributed by atoms with Crippen LogP contribution in [-0.4, -0.2) is 24.1 Å². The minimum Gasteiger partial charge on any atom is -0.281 e. The number of halogens is 4. The second-order valence-corrected chi connectivity index (χ2v) is 11.0. The Kier molecular flexibility index (Phi) is 17.8. The highest BCUT2D eigenvalue weighted by Gasteiger charge is 2.68. The summed E-state index contributed by atoms with van der Waals surface area (Å²) in [7, 11) is -6.18. The molecule has 33 heavy (non-hydrogen) atoms. The first-order valence-electron chi connectivity index (χ1n) is 13.2. The fraction of sp³-hybridized carbons (Fsp3) is 1.00. The predicted octanol–water partition coefficient (Wildman–Crippen LogP) is 9.56. The van der Waals surface area contributed by atoms with E-state index in [0.717, 1.165) is 32.1 Å². The van der Waals surface area contributed by atoms with Crippen molar-refractivity contribution in [3.63, 3.8) is 0 Å². The van der Waals surface area contributed by atoms with Crippen molar-refractivity contribution in [2.75, 3.05) is 0 Å². The van der Waals surface area contributed by atoms with Crippen LogP contribution in [0.4, 0.5) is 17.6 Å². The predicted molar refractivity (Wildman–Crippen MR) is 129 cm³/mol. The molecule has 1 atom stereocenters. The van der Waals surface area contributed by atoms with E-state index >= 15 is 0 Å². The van der Waals surface area contributed by atoms with E-state index in [1.54, 1.807) is 0 Å². The maximum atomic E-state index is 14.4. The molecule has 0 radical (unpaired) electrons. The van der Waals surface area contributed by atoms with E-state index in [0.29, 0.717) is 25.7 Å². The summed E-state index contributed by atoms with van der Waals surface area (Å²) in [5.74, 6) is -6.55. The van der Waals surface area contributed by atoms with Gasteiger partial charge >= 0.3 is 21.3 Å². The summed E-state index contributed by atoms with van der Waals surface area (Å²) in [6.45, 7) is 4.09. The largest absolute Gasteiger partial charge is 0.431 e. The quantitative estimate of drug-likeness (QED) is 0.0856. The lowest BCUT2D eigenvalue weighted by Gasteiger charge is -2.31. The zero-order valence-electron chi connectivity index (χ0n) is 20.9. The molecule has 1 N–H and O–H groups in total. The van der Waals surface area contributed by atoms with Gasteiger partial charge in [-0.1, -0.05) is 129 Å². The van der Waals surface area contributed by atoms with Crippen molar-refractivity contribution in [1.82, 2.24) is 0 Å². The lowest BCUT2D eigenvalue weighted by molar-refractivity contribution is -0.196. The van der Waals surface area contributed by atoms with Gasteiger partial charge in [-0.2, -0.15) is 26.0 Å². The third-order valence-corrected chi connectivity index (χ3v) is 7.46. The van der Waals surface area contributed by atoms with Gasteiger partial charge in [0, 0.05) is 5.92 Å². The lowest BCUT2D eigenvalue weighted by atomic mass is 9.89. The van der Waals surface area contributed by atoms with Gasteiger partial charge < -0.3 is 0 Å². The van der Waals surface area contributed by atoms with Crippen LogP contribution in [-0.2, 0) is 10.1 Å². The topological polar surface area (TPSA) is 54.4 Å². The van der Waals surface area contributed by atoms with Crippen LogP contribution in [0.2, 0.25) is 0 Å². The van der Waals surface area contributed by atoms with Crippen LogP contribution < -0.4 is 0 Å². The second kappa shape index (κ2) is 18.0. The van der Waals surface area contributed by atoms with Crippen molar-refractivity contribution in [2.45, 2.75) is 153 Å². The molecule has 0 spiro atoms. The number of unbranched alkanes of at least 4 members (excludes halogenated alkanes) is 16. The molecule has 0 saturated heterocycles. The van der Waals surface area contributed by atoms with Crippen LogP contribution in [0.1, 0.15) is 142 Å². The molecule has 1 unspecified atom stereocenters. The Hall–Kier alpha value is -0.370. The first kappa shape index (κ1) is 32.6. The number of rotatable bonds is 23. The van der Waals surface area contributed by atoms with Crippen molar-refractivity contribution in [3.05, 3.63) is 0 Å². The van der Waals surface area contributed by atoms with E-state index in [-0.39, 0.29) is 12.8 Å². The number of alkyl halides is 4. The Morgan fingerprint density at radius 1 is 0.576 bits per heavy atom.